The molecule has 3 rings (SSSR count). The molecule has 146 valence electrons. The molecule has 0 atom stereocenters. The average Bonchev–Trinajstić information content (AvgIpc) is 2.91. The summed E-state index contributed by atoms with van der Waals surface area (Å²) in [5.41, 5.74) is 1.89. The van der Waals surface area contributed by atoms with Crippen molar-refractivity contribution >= 4 is 23.2 Å². The molecular weight excluding hydrogens is 389 g/mol. The SMILES string of the molecule is Cc1cc(Cl)ccc1NC(=O)c1cc(C)n(-c2ccccc2C(F)(F)F)c1C. The smallest absolute Gasteiger partial charge is 0.322 e. The lowest BCUT2D eigenvalue weighted by molar-refractivity contribution is -0.137. The van der Waals surface area contributed by atoms with Crippen molar-refractivity contribution in [2.75, 3.05) is 5.32 Å². The number of benzene rings is 2. The van der Waals surface area contributed by atoms with Crippen LogP contribution in [0.1, 0.15) is 32.9 Å². The third kappa shape index (κ3) is 3.78. The van der Waals surface area contributed by atoms with Gasteiger partial charge in [0.15, 0.2) is 0 Å². The van der Waals surface area contributed by atoms with Crippen molar-refractivity contribution in [3.63, 3.8) is 0 Å². The Balaban J connectivity index is 2.03. The predicted octanol–water partition coefficient (Wildman–Crippen LogP) is 6.33. The zero-order valence-corrected chi connectivity index (χ0v) is 16.2. The van der Waals surface area contributed by atoms with Crippen molar-refractivity contribution in [3.05, 3.63) is 81.6 Å². The molecule has 1 aromatic heterocycles. The molecule has 0 fully saturated rings. The second-order valence-corrected chi connectivity index (χ2v) is 6.98. The maximum absolute atomic E-state index is 13.4. The monoisotopic (exact) mass is 406 g/mol. The molecule has 0 radical (unpaired) electrons. The number of rotatable bonds is 3. The van der Waals surface area contributed by atoms with Gasteiger partial charge in [-0.1, -0.05) is 23.7 Å². The number of aryl methyl sites for hydroxylation is 2. The number of halogens is 4. The standard InChI is InChI=1S/C21H18ClF3N2O/c1-12-10-15(22)8-9-18(12)26-20(28)16-11-13(2)27(14(16)3)19-7-5-4-6-17(19)21(23,24)25/h4-11H,1-3H3,(H,26,28). The number of anilines is 1. The van der Waals surface area contributed by atoms with Crippen LogP contribution in [0, 0.1) is 20.8 Å². The van der Waals surface area contributed by atoms with Crippen molar-refractivity contribution in [2.45, 2.75) is 26.9 Å². The van der Waals surface area contributed by atoms with Crippen molar-refractivity contribution in [2.24, 2.45) is 0 Å². The van der Waals surface area contributed by atoms with Gasteiger partial charge >= 0.3 is 6.18 Å². The van der Waals surface area contributed by atoms with E-state index in [-0.39, 0.29) is 5.69 Å². The number of para-hydroxylation sites is 1. The molecule has 0 aliphatic heterocycles. The summed E-state index contributed by atoms with van der Waals surface area (Å²) in [6.45, 7) is 5.11. The summed E-state index contributed by atoms with van der Waals surface area (Å²) in [5.74, 6) is -0.394. The fourth-order valence-electron chi connectivity index (χ4n) is 3.23. The highest BCUT2D eigenvalue weighted by Crippen LogP contribution is 2.35. The lowest BCUT2D eigenvalue weighted by Crippen LogP contribution is -2.15. The van der Waals surface area contributed by atoms with Gasteiger partial charge in [0.2, 0.25) is 0 Å². The molecule has 28 heavy (non-hydrogen) atoms. The van der Waals surface area contributed by atoms with Crippen LogP contribution in [0.15, 0.2) is 48.5 Å². The summed E-state index contributed by atoms with van der Waals surface area (Å²) in [4.78, 5) is 12.8. The van der Waals surface area contributed by atoms with E-state index < -0.39 is 17.6 Å². The summed E-state index contributed by atoms with van der Waals surface area (Å²) in [6.07, 6.45) is -4.50. The number of nitrogens with zero attached hydrogens (tertiary/aromatic N) is 1. The van der Waals surface area contributed by atoms with E-state index in [0.29, 0.717) is 27.7 Å². The number of amides is 1. The van der Waals surface area contributed by atoms with E-state index in [0.717, 1.165) is 11.6 Å². The fraction of sp³-hybridized carbons (Fsp3) is 0.190. The maximum Gasteiger partial charge on any atom is 0.418 e. The van der Waals surface area contributed by atoms with Gasteiger partial charge in [-0.05, 0) is 62.7 Å². The Bertz CT molecular complexity index is 1050. The van der Waals surface area contributed by atoms with Crippen LogP contribution < -0.4 is 5.32 Å². The van der Waals surface area contributed by atoms with E-state index in [1.165, 1.54) is 16.7 Å². The van der Waals surface area contributed by atoms with Gasteiger partial charge in [0.1, 0.15) is 0 Å². The van der Waals surface area contributed by atoms with Crippen molar-refractivity contribution in [3.8, 4) is 5.69 Å². The maximum atomic E-state index is 13.4. The highest BCUT2D eigenvalue weighted by molar-refractivity contribution is 6.30. The summed E-state index contributed by atoms with van der Waals surface area (Å²) in [5, 5.41) is 3.35. The molecule has 0 aliphatic rings. The molecule has 3 nitrogen and oxygen atoms in total. The van der Waals surface area contributed by atoms with E-state index >= 15 is 0 Å². The molecular formula is C21H18ClF3N2O. The molecule has 1 N–H and O–H groups in total. The third-order valence-corrected chi connectivity index (χ3v) is 4.80. The molecule has 1 amide bonds. The minimum Gasteiger partial charge on any atom is -0.322 e. The minimum absolute atomic E-state index is 0.00766. The second kappa shape index (κ2) is 7.36. The summed E-state index contributed by atoms with van der Waals surface area (Å²) < 4.78 is 41.7. The quantitative estimate of drug-likeness (QED) is 0.542. The van der Waals surface area contributed by atoms with Gasteiger partial charge in [-0.2, -0.15) is 13.2 Å². The highest BCUT2D eigenvalue weighted by atomic mass is 35.5. The first kappa shape index (κ1) is 20.0. The Morgan fingerprint density at radius 2 is 1.71 bits per heavy atom. The molecule has 0 aliphatic carbocycles. The molecule has 0 saturated heterocycles. The normalized spacial score (nSPS) is 11.5. The molecule has 0 spiro atoms. The first-order chi connectivity index (χ1) is 13.1. The Morgan fingerprint density at radius 1 is 1.04 bits per heavy atom. The van der Waals surface area contributed by atoms with Gasteiger partial charge in [0, 0.05) is 22.1 Å². The Kier molecular flexibility index (Phi) is 5.26. The molecule has 0 unspecified atom stereocenters. The summed E-state index contributed by atoms with van der Waals surface area (Å²) >= 11 is 5.93. The fourth-order valence-corrected chi connectivity index (χ4v) is 3.46. The lowest BCUT2D eigenvalue weighted by atomic mass is 10.1. The lowest BCUT2D eigenvalue weighted by Gasteiger charge is -2.17. The van der Waals surface area contributed by atoms with E-state index in [2.05, 4.69) is 5.32 Å². The zero-order chi connectivity index (χ0) is 20.6. The number of carbonyl (C=O) groups excluding carboxylic acids is 1. The summed E-state index contributed by atoms with van der Waals surface area (Å²) in [7, 11) is 0. The van der Waals surface area contributed by atoms with Crippen LogP contribution in [0.5, 0.6) is 0 Å². The van der Waals surface area contributed by atoms with Gasteiger partial charge < -0.3 is 9.88 Å². The zero-order valence-electron chi connectivity index (χ0n) is 15.5. The van der Waals surface area contributed by atoms with Gasteiger partial charge in [-0.25, -0.2) is 0 Å². The summed E-state index contributed by atoms with van der Waals surface area (Å²) in [6, 6.07) is 12.0. The largest absolute Gasteiger partial charge is 0.418 e. The molecule has 7 heteroatoms. The molecule has 0 saturated carbocycles. The van der Waals surface area contributed by atoms with Crippen molar-refractivity contribution < 1.29 is 18.0 Å². The number of alkyl halides is 3. The minimum atomic E-state index is -4.50. The van der Waals surface area contributed by atoms with Crippen LogP contribution in [-0.2, 0) is 6.18 Å². The number of hydrogen-bond donors (Lipinski definition) is 1. The Hall–Kier alpha value is -2.73. The molecule has 3 aromatic rings. The Labute approximate surface area is 165 Å². The average molecular weight is 407 g/mol. The van der Waals surface area contributed by atoms with E-state index in [1.807, 2.05) is 6.92 Å². The van der Waals surface area contributed by atoms with Crippen molar-refractivity contribution in [1.29, 1.82) is 0 Å². The second-order valence-electron chi connectivity index (χ2n) is 6.55. The number of nitrogens with one attached hydrogen (secondary N) is 1. The van der Waals surface area contributed by atoms with Crippen molar-refractivity contribution in [1.82, 2.24) is 4.57 Å². The van der Waals surface area contributed by atoms with Crippen LogP contribution in [0.2, 0.25) is 5.02 Å². The third-order valence-electron chi connectivity index (χ3n) is 4.56. The van der Waals surface area contributed by atoms with Gasteiger partial charge in [0.05, 0.1) is 16.8 Å². The Morgan fingerprint density at radius 3 is 2.36 bits per heavy atom. The van der Waals surface area contributed by atoms with Gasteiger partial charge in [0.25, 0.3) is 5.91 Å². The first-order valence-corrected chi connectivity index (χ1v) is 8.90. The number of hydrogen-bond acceptors (Lipinski definition) is 1. The van der Waals surface area contributed by atoms with E-state index in [1.54, 1.807) is 44.2 Å². The van der Waals surface area contributed by atoms with E-state index in [4.69, 9.17) is 11.6 Å². The highest BCUT2D eigenvalue weighted by Gasteiger charge is 2.34. The molecule has 2 aromatic carbocycles. The van der Waals surface area contributed by atoms with Crippen LogP contribution >= 0.6 is 11.6 Å². The van der Waals surface area contributed by atoms with Gasteiger partial charge in [-0.15, -0.1) is 0 Å². The van der Waals surface area contributed by atoms with Crippen LogP contribution in [-0.4, -0.2) is 10.5 Å². The van der Waals surface area contributed by atoms with E-state index in [9.17, 15) is 18.0 Å². The van der Waals surface area contributed by atoms with Crippen LogP contribution in [0.25, 0.3) is 5.69 Å². The molecule has 0 bridgehead atoms. The van der Waals surface area contributed by atoms with Crippen LogP contribution in [0.3, 0.4) is 0 Å². The number of carbonyl (C=O) groups is 1. The predicted molar refractivity (Wildman–Crippen MR) is 104 cm³/mol. The van der Waals surface area contributed by atoms with Crippen LogP contribution in [0.4, 0.5) is 18.9 Å². The van der Waals surface area contributed by atoms with Gasteiger partial charge in [-0.3, -0.25) is 4.79 Å². The topological polar surface area (TPSA) is 34.0 Å². The first-order valence-electron chi connectivity index (χ1n) is 8.52. The molecule has 1 heterocycles. The number of aromatic nitrogens is 1.